The zero-order valence-corrected chi connectivity index (χ0v) is 9.47. The summed E-state index contributed by atoms with van der Waals surface area (Å²) in [5.41, 5.74) is 5.39. The topological polar surface area (TPSA) is 58.4 Å². The number of halogens is 3. The highest BCUT2D eigenvalue weighted by Crippen LogP contribution is 2.11. The van der Waals surface area contributed by atoms with E-state index in [-0.39, 0.29) is 12.5 Å². The van der Waals surface area contributed by atoms with E-state index in [1.165, 1.54) is 0 Å². The Balaban J connectivity index is 3.79. The second-order valence-corrected chi connectivity index (χ2v) is 3.93. The van der Waals surface area contributed by atoms with Crippen molar-refractivity contribution < 1.29 is 18.0 Å². The fraction of sp³-hybridized carbons (Fsp3) is 0.889. The molecule has 4 nitrogen and oxygen atoms in total. The van der Waals surface area contributed by atoms with Crippen LogP contribution in [0.25, 0.3) is 0 Å². The van der Waals surface area contributed by atoms with Crippen molar-refractivity contribution >= 4 is 5.91 Å². The number of hydrogen-bond acceptors (Lipinski definition) is 3. The van der Waals surface area contributed by atoms with Crippen LogP contribution in [0.3, 0.4) is 0 Å². The quantitative estimate of drug-likeness (QED) is 0.698. The lowest BCUT2D eigenvalue weighted by atomic mass is 10.2. The van der Waals surface area contributed by atoms with Crippen LogP contribution in [0.15, 0.2) is 0 Å². The van der Waals surface area contributed by atoms with E-state index in [1.54, 1.807) is 11.9 Å². The van der Waals surface area contributed by atoms with Crippen LogP contribution < -0.4 is 11.1 Å². The maximum absolute atomic E-state index is 11.8. The number of alkyl halides is 3. The molecule has 0 saturated heterocycles. The minimum atomic E-state index is -4.36. The molecule has 0 aliphatic carbocycles. The normalized spacial score (nSPS) is 13.9. The highest BCUT2D eigenvalue weighted by atomic mass is 19.4. The minimum Gasteiger partial charge on any atom is -0.346 e. The van der Waals surface area contributed by atoms with Crippen LogP contribution in [0.1, 0.15) is 6.92 Å². The Morgan fingerprint density at radius 3 is 2.50 bits per heavy atom. The third kappa shape index (κ3) is 8.49. The standard InChI is InChI=1S/C9H18F3N3O/c1-7(3-13)4-15(2)5-8(16)14-6-9(10,11)12/h7H,3-6,13H2,1-2H3,(H,14,16). The molecule has 0 heterocycles. The molecule has 0 aromatic heterocycles. The molecule has 1 amide bonds. The number of likely N-dealkylation sites (N-methyl/N-ethyl adjacent to an activating group) is 1. The first-order chi connectivity index (χ1) is 7.24. The number of nitrogens with one attached hydrogen (secondary N) is 1. The number of nitrogens with two attached hydrogens (primary N) is 1. The monoisotopic (exact) mass is 241 g/mol. The Hall–Kier alpha value is -0.820. The second-order valence-electron chi connectivity index (χ2n) is 3.93. The molecule has 96 valence electrons. The van der Waals surface area contributed by atoms with Crippen molar-refractivity contribution in [2.75, 3.05) is 33.2 Å². The zero-order valence-electron chi connectivity index (χ0n) is 9.47. The van der Waals surface area contributed by atoms with E-state index < -0.39 is 18.6 Å². The fourth-order valence-electron chi connectivity index (χ4n) is 1.17. The number of carbonyl (C=O) groups excluding carboxylic acids is 1. The van der Waals surface area contributed by atoms with E-state index in [4.69, 9.17) is 5.73 Å². The van der Waals surface area contributed by atoms with Gasteiger partial charge < -0.3 is 11.1 Å². The number of amides is 1. The van der Waals surface area contributed by atoms with Gasteiger partial charge in [0.15, 0.2) is 0 Å². The van der Waals surface area contributed by atoms with Gasteiger partial charge in [-0.3, -0.25) is 9.69 Å². The Kier molecular flexibility index (Phi) is 6.35. The third-order valence-electron chi connectivity index (χ3n) is 1.93. The van der Waals surface area contributed by atoms with Crippen LogP contribution in [0.2, 0.25) is 0 Å². The van der Waals surface area contributed by atoms with Crippen LogP contribution in [-0.2, 0) is 4.79 Å². The van der Waals surface area contributed by atoms with E-state index in [2.05, 4.69) is 0 Å². The molecule has 0 aliphatic rings. The van der Waals surface area contributed by atoms with Crippen LogP contribution in [-0.4, -0.2) is 50.2 Å². The van der Waals surface area contributed by atoms with E-state index in [1.807, 2.05) is 12.2 Å². The lowest BCUT2D eigenvalue weighted by Crippen LogP contribution is -2.41. The van der Waals surface area contributed by atoms with E-state index in [0.717, 1.165) is 0 Å². The average molecular weight is 241 g/mol. The van der Waals surface area contributed by atoms with Gasteiger partial charge in [0.25, 0.3) is 0 Å². The highest BCUT2D eigenvalue weighted by Gasteiger charge is 2.27. The lowest BCUT2D eigenvalue weighted by molar-refractivity contribution is -0.138. The molecule has 0 fully saturated rings. The molecule has 0 aromatic carbocycles. The van der Waals surface area contributed by atoms with Gasteiger partial charge in [-0.05, 0) is 19.5 Å². The van der Waals surface area contributed by atoms with Crippen molar-refractivity contribution in [3.63, 3.8) is 0 Å². The van der Waals surface area contributed by atoms with Gasteiger partial charge in [0.05, 0.1) is 6.54 Å². The van der Waals surface area contributed by atoms with Gasteiger partial charge in [-0.15, -0.1) is 0 Å². The molecule has 0 rings (SSSR count). The summed E-state index contributed by atoms with van der Waals surface area (Å²) in [7, 11) is 1.67. The largest absolute Gasteiger partial charge is 0.405 e. The molecule has 0 spiro atoms. The number of carbonyl (C=O) groups is 1. The smallest absolute Gasteiger partial charge is 0.346 e. The summed E-state index contributed by atoms with van der Waals surface area (Å²) < 4.78 is 35.3. The maximum Gasteiger partial charge on any atom is 0.405 e. The maximum atomic E-state index is 11.8. The molecule has 0 aliphatic heterocycles. The molecular formula is C9H18F3N3O. The van der Waals surface area contributed by atoms with Crippen molar-refractivity contribution in [2.24, 2.45) is 11.7 Å². The van der Waals surface area contributed by atoms with Gasteiger partial charge in [-0.25, -0.2) is 0 Å². The average Bonchev–Trinajstić information content (AvgIpc) is 2.13. The van der Waals surface area contributed by atoms with Crippen LogP contribution >= 0.6 is 0 Å². The first-order valence-electron chi connectivity index (χ1n) is 4.96. The molecule has 1 atom stereocenters. The molecule has 0 aromatic rings. The molecule has 0 bridgehead atoms. The van der Waals surface area contributed by atoms with Gasteiger partial charge in [-0.2, -0.15) is 13.2 Å². The number of hydrogen-bond donors (Lipinski definition) is 2. The predicted octanol–water partition coefficient (Wildman–Crippen LogP) is 0.192. The van der Waals surface area contributed by atoms with E-state index >= 15 is 0 Å². The Morgan fingerprint density at radius 1 is 1.50 bits per heavy atom. The van der Waals surface area contributed by atoms with Gasteiger partial charge in [0, 0.05) is 6.54 Å². The summed E-state index contributed by atoms with van der Waals surface area (Å²) >= 11 is 0. The predicted molar refractivity (Wildman–Crippen MR) is 54.8 cm³/mol. The van der Waals surface area contributed by atoms with Crippen molar-refractivity contribution in [2.45, 2.75) is 13.1 Å². The Morgan fingerprint density at radius 2 is 2.06 bits per heavy atom. The molecule has 0 radical (unpaired) electrons. The summed E-state index contributed by atoms with van der Waals surface area (Å²) in [6.07, 6.45) is -4.36. The number of rotatable bonds is 6. The first kappa shape index (κ1) is 15.2. The molecule has 7 heteroatoms. The van der Waals surface area contributed by atoms with Crippen LogP contribution in [0.5, 0.6) is 0 Å². The molecule has 3 N–H and O–H groups in total. The van der Waals surface area contributed by atoms with Crippen molar-refractivity contribution in [3.05, 3.63) is 0 Å². The summed E-state index contributed by atoms with van der Waals surface area (Å²) in [6.45, 7) is 1.63. The third-order valence-corrected chi connectivity index (χ3v) is 1.93. The minimum absolute atomic E-state index is 0.0551. The van der Waals surface area contributed by atoms with Gasteiger partial charge in [-0.1, -0.05) is 6.92 Å². The molecule has 1 unspecified atom stereocenters. The SMILES string of the molecule is CC(CN)CN(C)CC(=O)NCC(F)(F)F. The zero-order chi connectivity index (χ0) is 12.8. The Labute approximate surface area is 93.0 Å². The van der Waals surface area contributed by atoms with Crippen LogP contribution in [0.4, 0.5) is 13.2 Å². The Bertz CT molecular complexity index is 221. The second kappa shape index (κ2) is 6.70. The van der Waals surface area contributed by atoms with Crippen molar-refractivity contribution in [1.82, 2.24) is 10.2 Å². The van der Waals surface area contributed by atoms with E-state index in [9.17, 15) is 18.0 Å². The van der Waals surface area contributed by atoms with Crippen molar-refractivity contribution in [3.8, 4) is 0 Å². The summed E-state index contributed by atoms with van der Waals surface area (Å²) in [5.74, 6) is -0.426. The summed E-state index contributed by atoms with van der Waals surface area (Å²) in [6, 6.07) is 0. The summed E-state index contributed by atoms with van der Waals surface area (Å²) in [5, 5.41) is 1.81. The first-order valence-corrected chi connectivity index (χ1v) is 4.96. The summed E-state index contributed by atoms with van der Waals surface area (Å²) in [4.78, 5) is 12.7. The van der Waals surface area contributed by atoms with Gasteiger partial charge >= 0.3 is 6.18 Å². The lowest BCUT2D eigenvalue weighted by Gasteiger charge is -2.19. The van der Waals surface area contributed by atoms with Crippen molar-refractivity contribution in [1.29, 1.82) is 0 Å². The highest BCUT2D eigenvalue weighted by molar-refractivity contribution is 5.77. The molecule has 0 saturated carbocycles. The molecule has 16 heavy (non-hydrogen) atoms. The number of nitrogens with zero attached hydrogens (tertiary/aromatic N) is 1. The van der Waals surface area contributed by atoms with E-state index in [0.29, 0.717) is 13.1 Å². The van der Waals surface area contributed by atoms with Crippen LogP contribution in [0, 0.1) is 5.92 Å². The fourth-order valence-corrected chi connectivity index (χ4v) is 1.17. The van der Waals surface area contributed by atoms with Gasteiger partial charge in [0.1, 0.15) is 6.54 Å². The van der Waals surface area contributed by atoms with Gasteiger partial charge in [0.2, 0.25) is 5.91 Å². The molecular weight excluding hydrogens is 223 g/mol.